The van der Waals surface area contributed by atoms with Crippen molar-refractivity contribution >= 4 is 23.6 Å². The summed E-state index contributed by atoms with van der Waals surface area (Å²) in [6, 6.07) is 3.65. The molecule has 0 heterocycles. The number of carbonyl (C=O) groups excluding carboxylic acids is 1. The number of amides is 1. The lowest BCUT2D eigenvalue weighted by molar-refractivity contribution is -0.117. The first-order chi connectivity index (χ1) is 7.41. The van der Waals surface area contributed by atoms with Gasteiger partial charge >= 0.3 is 5.97 Å². The van der Waals surface area contributed by atoms with Gasteiger partial charge in [0.05, 0.1) is 10.8 Å². The first-order valence-corrected chi connectivity index (χ1v) is 5.28. The van der Waals surface area contributed by atoms with E-state index in [1.54, 1.807) is 6.92 Å². The van der Waals surface area contributed by atoms with Gasteiger partial charge in [0.15, 0.2) is 0 Å². The highest BCUT2D eigenvalue weighted by molar-refractivity contribution is 8.00. The summed E-state index contributed by atoms with van der Waals surface area (Å²) in [5, 5.41) is 8.20. The second-order valence-electron chi connectivity index (χ2n) is 3.11. The topological polar surface area (TPSA) is 80.4 Å². The normalized spacial score (nSPS) is 12.1. The molecule has 0 spiro atoms. The van der Waals surface area contributed by atoms with Crippen molar-refractivity contribution in [2.24, 2.45) is 5.73 Å². The molecular weight excluding hydrogens is 233 g/mol. The summed E-state index contributed by atoms with van der Waals surface area (Å²) in [6.07, 6.45) is 0. The molecule has 1 aromatic rings. The lowest BCUT2D eigenvalue weighted by atomic mass is 10.2. The van der Waals surface area contributed by atoms with Gasteiger partial charge in [-0.25, -0.2) is 9.18 Å². The minimum atomic E-state index is -1.34. The SMILES string of the molecule is CC(Sc1ccc(F)c(C(=O)O)c1)C(N)=O. The number of aromatic carboxylic acids is 1. The Labute approximate surface area is 95.6 Å². The fraction of sp³-hybridized carbons (Fsp3) is 0.200. The van der Waals surface area contributed by atoms with Crippen molar-refractivity contribution in [2.75, 3.05) is 0 Å². The van der Waals surface area contributed by atoms with Crippen LogP contribution in [0.25, 0.3) is 0 Å². The summed E-state index contributed by atoms with van der Waals surface area (Å²) >= 11 is 1.09. The molecule has 0 saturated carbocycles. The fourth-order valence-electron chi connectivity index (χ4n) is 1.00. The number of carbonyl (C=O) groups is 2. The van der Waals surface area contributed by atoms with Crippen LogP contribution in [-0.4, -0.2) is 22.2 Å². The van der Waals surface area contributed by atoms with Gasteiger partial charge in [-0.3, -0.25) is 4.79 Å². The number of carboxylic acid groups (broad SMARTS) is 1. The molecule has 1 aromatic carbocycles. The van der Waals surface area contributed by atoms with Gasteiger partial charge < -0.3 is 10.8 Å². The quantitative estimate of drug-likeness (QED) is 0.785. The number of halogens is 1. The summed E-state index contributed by atoms with van der Waals surface area (Å²) in [4.78, 5) is 21.9. The minimum Gasteiger partial charge on any atom is -0.478 e. The molecule has 4 nitrogen and oxygen atoms in total. The summed E-state index contributed by atoms with van der Waals surface area (Å²) in [5.41, 5.74) is 4.65. The number of nitrogens with two attached hydrogens (primary N) is 1. The van der Waals surface area contributed by atoms with Gasteiger partial charge in [0.25, 0.3) is 0 Å². The van der Waals surface area contributed by atoms with E-state index in [0.717, 1.165) is 17.8 Å². The summed E-state index contributed by atoms with van der Waals surface area (Å²) in [5.74, 6) is -2.65. The monoisotopic (exact) mass is 243 g/mol. The number of thioether (sulfide) groups is 1. The Morgan fingerprint density at radius 2 is 2.12 bits per heavy atom. The Morgan fingerprint density at radius 3 is 2.62 bits per heavy atom. The molecule has 1 rings (SSSR count). The number of primary amides is 1. The average Bonchev–Trinajstić information content (AvgIpc) is 2.20. The van der Waals surface area contributed by atoms with Crippen LogP contribution in [0.1, 0.15) is 17.3 Å². The van der Waals surface area contributed by atoms with Crippen LogP contribution in [0.4, 0.5) is 4.39 Å². The van der Waals surface area contributed by atoms with Gasteiger partial charge in [0.1, 0.15) is 5.82 Å². The predicted octanol–water partition coefficient (Wildman–Crippen LogP) is 1.49. The molecular formula is C10H10FNO3S. The van der Waals surface area contributed by atoms with E-state index in [4.69, 9.17) is 10.8 Å². The maximum atomic E-state index is 13.0. The summed E-state index contributed by atoms with van der Waals surface area (Å²) < 4.78 is 13.0. The Kier molecular flexibility index (Phi) is 3.89. The summed E-state index contributed by atoms with van der Waals surface area (Å²) in [6.45, 7) is 1.59. The van der Waals surface area contributed by atoms with Crippen LogP contribution in [-0.2, 0) is 4.79 Å². The third-order valence-corrected chi connectivity index (χ3v) is 2.99. The number of carboxylic acids is 1. The average molecular weight is 243 g/mol. The first kappa shape index (κ1) is 12.5. The van der Waals surface area contributed by atoms with Gasteiger partial charge in [0.2, 0.25) is 5.91 Å². The Morgan fingerprint density at radius 1 is 1.50 bits per heavy atom. The minimum absolute atomic E-state index is 0.415. The van der Waals surface area contributed by atoms with Crippen LogP contribution in [0.5, 0.6) is 0 Å². The molecule has 0 saturated heterocycles. The molecule has 6 heteroatoms. The molecule has 1 unspecified atom stereocenters. The zero-order valence-electron chi connectivity index (χ0n) is 8.44. The highest BCUT2D eigenvalue weighted by atomic mass is 32.2. The second-order valence-corrected chi connectivity index (χ2v) is 4.52. The molecule has 1 atom stereocenters. The van der Waals surface area contributed by atoms with Crippen molar-refractivity contribution in [3.63, 3.8) is 0 Å². The van der Waals surface area contributed by atoms with Gasteiger partial charge in [-0.1, -0.05) is 0 Å². The van der Waals surface area contributed by atoms with E-state index in [9.17, 15) is 14.0 Å². The maximum Gasteiger partial charge on any atom is 0.338 e. The molecule has 86 valence electrons. The molecule has 0 fully saturated rings. The molecule has 0 aliphatic heterocycles. The van der Waals surface area contributed by atoms with E-state index in [1.165, 1.54) is 12.1 Å². The van der Waals surface area contributed by atoms with Crippen molar-refractivity contribution in [1.29, 1.82) is 0 Å². The number of hydrogen-bond donors (Lipinski definition) is 2. The third kappa shape index (κ3) is 2.96. The van der Waals surface area contributed by atoms with E-state index < -0.39 is 28.5 Å². The van der Waals surface area contributed by atoms with Crippen molar-refractivity contribution in [3.8, 4) is 0 Å². The summed E-state index contributed by atoms with van der Waals surface area (Å²) in [7, 11) is 0. The molecule has 1 amide bonds. The van der Waals surface area contributed by atoms with E-state index in [1.807, 2.05) is 0 Å². The molecule has 0 aromatic heterocycles. The zero-order valence-corrected chi connectivity index (χ0v) is 9.25. The molecule has 0 radical (unpaired) electrons. The Bertz CT molecular complexity index is 436. The lowest BCUT2D eigenvalue weighted by Crippen LogP contribution is -2.22. The molecule has 16 heavy (non-hydrogen) atoms. The smallest absolute Gasteiger partial charge is 0.338 e. The van der Waals surface area contributed by atoms with Crippen molar-refractivity contribution in [1.82, 2.24) is 0 Å². The standard InChI is InChI=1S/C10H10FNO3S/c1-5(9(12)13)16-6-2-3-8(11)7(4-6)10(14)15/h2-5H,1H3,(H2,12,13)(H,14,15). The van der Waals surface area contributed by atoms with Gasteiger partial charge in [-0.2, -0.15) is 0 Å². The van der Waals surface area contributed by atoms with Gasteiger partial charge in [-0.05, 0) is 25.1 Å². The molecule has 3 N–H and O–H groups in total. The van der Waals surface area contributed by atoms with Crippen molar-refractivity contribution in [2.45, 2.75) is 17.1 Å². The van der Waals surface area contributed by atoms with E-state index >= 15 is 0 Å². The van der Waals surface area contributed by atoms with Crippen LogP contribution in [0.3, 0.4) is 0 Å². The fourth-order valence-corrected chi connectivity index (χ4v) is 1.86. The number of benzene rings is 1. The highest BCUT2D eigenvalue weighted by Crippen LogP contribution is 2.25. The Balaban J connectivity index is 2.95. The van der Waals surface area contributed by atoms with Crippen molar-refractivity contribution < 1.29 is 19.1 Å². The number of hydrogen-bond acceptors (Lipinski definition) is 3. The van der Waals surface area contributed by atoms with E-state index in [2.05, 4.69) is 0 Å². The largest absolute Gasteiger partial charge is 0.478 e. The lowest BCUT2D eigenvalue weighted by Gasteiger charge is -2.07. The zero-order chi connectivity index (χ0) is 12.3. The maximum absolute atomic E-state index is 13.0. The van der Waals surface area contributed by atoms with E-state index in [-0.39, 0.29) is 0 Å². The molecule has 0 aliphatic rings. The second kappa shape index (κ2) is 4.98. The highest BCUT2D eigenvalue weighted by Gasteiger charge is 2.14. The number of rotatable bonds is 4. The first-order valence-electron chi connectivity index (χ1n) is 4.40. The third-order valence-electron chi connectivity index (χ3n) is 1.88. The van der Waals surface area contributed by atoms with Crippen LogP contribution >= 0.6 is 11.8 Å². The van der Waals surface area contributed by atoms with Gasteiger partial charge in [-0.15, -0.1) is 11.8 Å². The van der Waals surface area contributed by atoms with Crippen LogP contribution in [0, 0.1) is 5.82 Å². The van der Waals surface area contributed by atoms with Crippen LogP contribution in [0.2, 0.25) is 0 Å². The van der Waals surface area contributed by atoms with Crippen LogP contribution in [0.15, 0.2) is 23.1 Å². The van der Waals surface area contributed by atoms with Crippen molar-refractivity contribution in [3.05, 3.63) is 29.6 Å². The van der Waals surface area contributed by atoms with Crippen LogP contribution < -0.4 is 5.73 Å². The van der Waals surface area contributed by atoms with E-state index in [0.29, 0.717) is 4.90 Å². The predicted molar refractivity (Wildman–Crippen MR) is 57.9 cm³/mol. The van der Waals surface area contributed by atoms with Gasteiger partial charge in [0, 0.05) is 4.90 Å². The Hall–Kier alpha value is -1.56. The molecule has 0 aliphatic carbocycles. The molecule has 0 bridgehead atoms.